The van der Waals surface area contributed by atoms with E-state index in [4.69, 9.17) is 10.5 Å². The van der Waals surface area contributed by atoms with E-state index in [1.165, 1.54) is 0 Å². The molecule has 0 aliphatic heterocycles. The molecule has 0 saturated heterocycles. The largest absolute Gasteiger partial charge is 0.494 e. The van der Waals surface area contributed by atoms with Gasteiger partial charge in [0.2, 0.25) is 0 Å². The van der Waals surface area contributed by atoms with E-state index in [2.05, 4.69) is 6.92 Å². The maximum Gasteiger partial charge on any atom is 0.119 e. The summed E-state index contributed by atoms with van der Waals surface area (Å²) in [7, 11) is 0. The summed E-state index contributed by atoms with van der Waals surface area (Å²) in [5, 5.41) is 0. The summed E-state index contributed by atoms with van der Waals surface area (Å²) < 4.78 is 5.54. The molecule has 15 heavy (non-hydrogen) atoms. The predicted molar refractivity (Wildman–Crippen MR) is 66.7 cm³/mol. The molecule has 1 aromatic rings. The number of hydrogen-bond acceptors (Lipinski definition) is 2. The number of unbranched alkanes of at least 4 members (excludes halogenated alkanes) is 1. The third-order valence-electron chi connectivity index (χ3n) is 2.17. The first kappa shape index (κ1) is 14.3. The molecular weight excluding hydrogens is 210 g/mol. The second-order valence-electron chi connectivity index (χ2n) is 3.56. The normalized spacial score (nSPS) is 11.7. The first-order valence-electron chi connectivity index (χ1n) is 5.22. The first-order chi connectivity index (χ1) is 6.74. The number of rotatable bonds is 5. The van der Waals surface area contributed by atoms with E-state index in [9.17, 15) is 0 Å². The Morgan fingerprint density at radius 2 is 1.87 bits per heavy atom. The Bertz CT molecular complexity index is 259. The fraction of sp³-hybridized carbons (Fsp3) is 0.500. The van der Waals surface area contributed by atoms with Crippen molar-refractivity contribution in [1.29, 1.82) is 0 Å². The van der Waals surface area contributed by atoms with Gasteiger partial charge in [0.25, 0.3) is 0 Å². The molecule has 0 aliphatic carbocycles. The molecule has 0 bridgehead atoms. The van der Waals surface area contributed by atoms with Gasteiger partial charge in [-0.3, -0.25) is 0 Å². The zero-order valence-electron chi connectivity index (χ0n) is 9.40. The van der Waals surface area contributed by atoms with Crippen LogP contribution in [-0.2, 0) is 0 Å². The molecule has 0 heterocycles. The van der Waals surface area contributed by atoms with E-state index in [0.717, 1.165) is 30.8 Å². The average molecular weight is 230 g/mol. The summed E-state index contributed by atoms with van der Waals surface area (Å²) >= 11 is 0. The maximum atomic E-state index is 5.74. The van der Waals surface area contributed by atoms with E-state index in [-0.39, 0.29) is 18.4 Å². The number of benzene rings is 1. The highest BCUT2D eigenvalue weighted by atomic mass is 35.5. The molecule has 0 saturated carbocycles. The fourth-order valence-electron chi connectivity index (χ4n) is 1.20. The molecule has 2 nitrogen and oxygen atoms in total. The minimum absolute atomic E-state index is 0. The predicted octanol–water partition coefficient (Wildman–Crippen LogP) is 3.31. The van der Waals surface area contributed by atoms with E-state index < -0.39 is 0 Å². The van der Waals surface area contributed by atoms with Crippen molar-refractivity contribution in [2.45, 2.75) is 32.7 Å². The molecule has 0 aliphatic rings. The Hall–Kier alpha value is -0.730. The van der Waals surface area contributed by atoms with Crippen molar-refractivity contribution < 1.29 is 4.74 Å². The Kier molecular flexibility index (Phi) is 7.18. The number of halogens is 1. The van der Waals surface area contributed by atoms with Gasteiger partial charge < -0.3 is 10.5 Å². The van der Waals surface area contributed by atoms with Crippen molar-refractivity contribution >= 4 is 12.4 Å². The van der Waals surface area contributed by atoms with Crippen molar-refractivity contribution in [3.63, 3.8) is 0 Å². The zero-order valence-corrected chi connectivity index (χ0v) is 10.2. The maximum absolute atomic E-state index is 5.74. The molecule has 0 amide bonds. The molecule has 1 unspecified atom stereocenters. The minimum atomic E-state index is 0. The van der Waals surface area contributed by atoms with E-state index >= 15 is 0 Å². The minimum Gasteiger partial charge on any atom is -0.494 e. The Morgan fingerprint density at radius 1 is 1.27 bits per heavy atom. The highest BCUT2D eigenvalue weighted by Gasteiger charge is 1.98. The van der Waals surface area contributed by atoms with Gasteiger partial charge in [-0.05, 0) is 31.0 Å². The standard InChI is InChI=1S/C12H19NO.ClH/c1-3-4-9-14-12-7-5-11(6-8-12)10(2)13;/h5-8,10H,3-4,9,13H2,1-2H3;1H. The van der Waals surface area contributed by atoms with Crippen LogP contribution in [0.5, 0.6) is 5.75 Å². The Balaban J connectivity index is 0.00000196. The summed E-state index contributed by atoms with van der Waals surface area (Å²) in [5.41, 5.74) is 6.89. The van der Waals surface area contributed by atoms with Crippen LogP contribution in [0.4, 0.5) is 0 Å². The van der Waals surface area contributed by atoms with Crippen LogP contribution < -0.4 is 10.5 Å². The van der Waals surface area contributed by atoms with Crippen LogP contribution in [-0.4, -0.2) is 6.61 Å². The molecular formula is C12H20ClNO. The van der Waals surface area contributed by atoms with E-state index in [1.807, 2.05) is 31.2 Å². The Morgan fingerprint density at radius 3 is 2.33 bits per heavy atom. The lowest BCUT2D eigenvalue weighted by Gasteiger charge is -2.08. The summed E-state index contributed by atoms with van der Waals surface area (Å²) in [6, 6.07) is 8.10. The van der Waals surface area contributed by atoms with Crippen LogP contribution in [0.3, 0.4) is 0 Å². The summed E-state index contributed by atoms with van der Waals surface area (Å²) in [4.78, 5) is 0. The van der Waals surface area contributed by atoms with Crippen molar-refractivity contribution in [3.8, 4) is 5.75 Å². The van der Waals surface area contributed by atoms with Gasteiger partial charge in [-0.1, -0.05) is 25.5 Å². The van der Waals surface area contributed by atoms with Crippen LogP contribution in [0.15, 0.2) is 24.3 Å². The molecule has 2 N–H and O–H groups in total. The van der Waals surface area contributed by atoms with Gasteiger partial charge in [0.1, 0.15) is 5.75 Å². The molecule has 1 rings (SSSR count). The van der Waals surface area contributed by atoms with Gasteiger partial charge in [-0.25, -0.2) is 0 Å². The molecule has 1 atom stereocenters. The van der Waals surface area contributed by atoms with Crippen LogP contribution in [0.25, 0.3) is 0 Å². The molecule has 0 fully saturated rings. The van der Waals surface area contributed by atoms with Crippen molar-refractivity contribution in [1.82, 2.24) is 0 Å². The topological polar surface area (TPSA) is 35.2 Å². The second-order valence-corrected chi connectivity index (χ2v) is 3.56. The van der Waals surface area contributed by atoms with Crippen LogP contribution in [0, 0.1) is 0 Å². The smallest absolute Gasteiger partial charge is 0.119 e. The molecule has 0 spiro atoms. The van der Waals surface area contributed by atoms with Crippen LogP contribution in [0.2, 0.25) is 0 Å². The highest BCUT2D eigenvalue weighted by Crippen LogP contribution is 2.16. The van der Waals surface area contributed by atoms with E-state index in [1.54, 1.807) is 0 Å². The molecule has 0 aromatic heterocycles. The third-order valence-corrected chi connectivity index (χ3v) is 2.17. The van der Waals surface area contributed by atoms with Gasteiger partial charge >= 0.3 is 0 Å². The molecule has 86 valence electrons. The van der Waals surface area contributed by atoms with Gasteiger partial charge in [-0.2, -0.15) is 0 Å². The van der Waals surface area contributed by atoms with Crippen LogP contribution >= 0.6 is 12.4 Å². The van der Waals surface area contributed by atoms with Crippen LogP contribution in [0.1, 0.15) is 38.3 Å². The fourth-order valence-corrected chi connectivity index (χ4v) is 1.20. The Labute approximate surface area is 98.2 Å². The summed E-state index contributed by atoms with van der Waals surface area (Å²) in [5.74, 6) is 0.933. The van der Waals surface area contributed by atoms with Gasteiger partial charge in [0, 0.05) is 6.04 Å². The summed E-state index contributed by atoms with van der Waals surface area (Å²) in [6.07, 6.45) is 2.27. The van der Waals surface area contributed by atoms with Crippen molar-refractivity contribution in [2.24, 2.45) is 5.73 Å². The number of hydrogen-bond donors (Lipinski definition) is 1. The SMILES string of the molecule is CCCCOc1ccc(C(C)N)cc1.Cl. The lowest BCUT2D eigenvalue weighted by Crippen LogP contribution is -2.04. The highest BCUT2D eigenvalue weighted by molar-refractivity contribution is 5.85. The number of nitrogens with two attached hydrogens (primary N) is 1. The third kappa shape index (κ3) is 5.05. The lowest BCUT2D eigenvalue weighted by molar-refractivity contribution is 0.309. The van der Waals surface area contributed by atoms with Gasteiger partial charge in [0.05, 0.1) is 6.61 Å². The number of ether oxygens (including phenoxy) is 1. The van der Waals surface area contributed by atoms with Crippen molar-refractivity contribution in [3.05, 3.63) is 29.8 Å². The first-order valence-corrected chi connectivity index (χ1v) is 5.22. The van der Waals surface area contributed by atoms with Gasteiger partial charge in [-0.15, -0.1) is 12.4 Å². The van der Waals surface area contributed by atoms with Crippen molar-refractivity contribution in [2.75, 3.05) is 6.61 Å². The summed E-state index contributed by atoms with van der Waals surface area (Å²) in [6.45, 7) is 4.93. The zero-order chi connectivity index (χ0) is 10.4. The second kappa shape index (κ2) is 7.55. The average Bonchev–Trinajstić information content (AvgIpc) is 2.19. The quantitative estimate of drug-likeness (QED) is 0.787. The lowest BCUT2D eigenvalue weighted by atomic mass is 10.1. The van der Waals surface area contributed by atoms with Gasteiger partial charge in [0.15, 0.2) is 0 Å². The molecule has 0 radical (unpaired) electrons. The monoisotopic (exact) mass is 229 g/mol. The molecule has 1 aromatic carbocycles. The molecule has 3 heteroatoms. The van der Waals surface area contributed by atoms with E-state index in [0.29, 0.717) is 0 Å².